The lowest BCUT2D eigenvalue weighted by atomic mass is 9.92. The summed E-state index contributed by atoms with van der Waals surface area (Å²) in [6, 6.07) is 11.6. The predicted octanol–water partition coefficient (Wildman–Crippen LogP) is 10.4. The van der Waals surface area contributed by atoms with Crippen LogP contribution in [0.2, 0.25) is 0 Å². The molecule has 2 aromatic carbocycles. The zero-order chi connectivity index (χ0) is 25.8. The number of allylic oxidation sites excluding steroid dienone is 2. The first-order chi connectivity index (χ1) is 15.7. The van der Waals surface area contributed by atoms with Crippen molar-refractivity contribution >= 4 is 17.1 Å². The van der Waals surface area contributed by atoms with Crippen molar-refractivity contribution < 1.29 is 13.2 Å². The molecule has 2 nitrogen and oxygen atoms in total. The van der Waals surface area contributed by atoms with E-state index >= 15 is 0 Å². The summed E-state index contributed by atoms with van der Waals surface area (Å²) >= 11 is 0. The number of alkyl halides is 3. The van der Waals surface area contributed by atoms with Crippen molar-refractivity contribution in [1.82, 2.24) is 0 Å². The van der Waals surface area contributed by atoms with E-state index in [9.17, 15) is 13.2 Å². The van der Waals surface area contributed by atoms with E-state index in [0.29, 0.717) is 5.69 Å². The minimum atomic E-state index is -4.60. The van der Waals surface area contributed by atoms with Gasteiger partial charge >= 0.3 is 6.18 Å². The molecule has 0 saturated carbocycles. The van der Waals surface area contributed by atoms with E-state index in [-0.39, 0.29) is 29.4 Å². The largest absolute Gasteiger partial charge is 0.654 e. The first-order valence-corrected chi connectivity index (χ1v) is 12.1. The number of benzene rings is 2. The monoisotopic (exact) mass is 471 g/mol. The standard InChI is InChI=1S/C29H38F3N2/c1-17(2)22-12-10-13-23(18(3)4)27(22)33-21(9)16-26(29(30,31)32)34-28-24(19(5)6)14-11-15-25(28)20(7)8/h10-20H,1-9H3/q-1/b26-16+,33-21?. The fourth-order valence-corrected chi connectivity index (χ4v) is 3.99. The van der Waals surface area contributed by atoms with Gasteiger partial charge in [0.15, 0.2) is 0 Å². The van der Waals surface area contributed by atoms with Gasteiger partial charge in [-0.15, -0.1) is 5.69 Å². The molecule has 2 rings (SSSR count). The summed E-state index contributed by atoms with van der Waals surface area (Å²) in [5, 5.41) is 4.22. The van der Waals surface area contributed by atoms with Crippen LogP contribution in [-0.2, 0) is 0 Å². The van der Waals surface area contributed by atoms with Crippen molar-refractivity contribution in [1.29, 1.82) is 0 Å². The Kier molecular flexibility index (Phi) is 9.15. The maximum Gasteiger partial charge on any atom is 0.396 e. The molecular weight excluding hydrogens is 433 g/mol. The van der Waals surface area contributed by atoms with E-state index in [1.807, 2.05) is 64.1 Å². The number of rotatable bonds is 8. The lowest BCUT2D eigenvalue weighted by molar-refractivity contribution is -0.0888. The third-order valence-electron chi connectivity index (χ3n) is 5.84. The van der Waals surface area contributed by atoms with Gasteiger partial charge in [0, 0.05) is 5.71 Å². The fraction of sp³-hybridized carbons (Fsp3) is 0.483. The molecule has 34 heavy (non-hydrogen) atoms. The van der Waals surface area contributed by atoms with Crippen molar-refractivity contribution in [3.63, 3.8) is 0 Å². The summed E-state index contributed by atoms with van der Waals surface area (Å²) in [6.07, 6.45) is -3.53. The van der Waals surface area contributed by atoms with Crippen molar-refractivity contribution in [2.24, 2.45) is 4.99 Å². The van der Waals surface area contributed by atoms with Crippen LogP contribution in [0.15, 0.2) is 53.2 Å². The van der Waals surface area contributed by atoms with Crippen LogP contribution in [0.3, 0.4) is 0 Å². The highest BCUT2D eigenvalue weighted by Gasteiger charge is 2.28. The second-order valence-electron chi connectivity index (χ2n) is 10.1. The van der Waals surface area contributed by atoms with E-state index in [0.717, 1.165) is 34.0 Å². The van der Waals surface area contributed by atoms with Crippen molar-refractivity contribution in [3.05, 3.63) is 75.7 Å². The maximum atomic E-state index is 14.2. The van der Waals surface area contributed by atoms with Crippen LogP contribution >= 0.6 is 0 Å². The van der Waals surface area contributed by atoms with E-state index in [1.165, 1.54) is 0 Å². The van der Waals surface area contributed by atoms with Gasteiger partial charge in [-0.05, 0) is 41.7 Å². The molecule has 0 heterocycles. The molecule has 0 N–H and O–H groups in total. The van der Waals surface area contributed by atoms with Gasteiger partial charge < -0.3 is 5.32 Å². The molecular formula is C29H38F3N2-. The average molecular weight is 472 g/mol. The van der Waals surface area contributed by atoms with Gasteiger partial charge in [0.1, 0.15) is 0 Å². The molecule has 0 aromatic heterocycles. The van der Waals surface area contributed by atoms with Gasteiger partial charge in [-0.25, -0.2) is 0 Å². The molecule has 0 unspecified atom stereocenters. The van der Waals surface area contributed by atoms with Crippen molar-refractivity contribution in [2.75, 3.05) is 0 Å². The Hall–Kier alpha value is -2.56. The Morgan fingerprint density at radius 3 is 1.47 bits per heavy atom. The van der Waals surface area contributed by atoms with Crippen molar-refractivity contribution in [2.45, 2.75) is 92.2 Å². The van der Waals surface area contributed by atoms with Gasteiger partial charge in [-0.1, -0.05) is 115 Å². The van der Waals surface area contributed by atoms with E-state index in [2.05, 4.69) is 33.0 Å². The quantitative estimate of drug-likeness (QED) is 0.342. The predicted molar refractivity (Wildman–Crippen MR) is 139 cm³/mol. The Balaban J connectivity index is 2.66. The zero-order valence-corrected chi connectivity index (χ0v) is 21.9. The summed E-state index contributed by atoms with van der Waals surface area (Å²) in [6.45, 7) is 17.8. The Morgan fingerprint density at radius 1 is 0.735 bits per heavy atom. The number of nitrogens with zero attached hydrogens (tertiary/aromatic N) is 2. The third kappa shape index (κ3) is 6.74. The molecule has 0 amide bonds. The Morgan fingerprint density at radius 2 is 1.12 bits per heavy atom. The van der Waals surface area contributed by atoms with Crippen LogP contribution in [-0.4, -0.2) is 11.9 Å². The van der Waals surface area contributed by atoms with Crippen LogP contribution in [0.5, 0.6) is 0 Å². The van der Waals surface area contributed by atoms with Crippen LogP contribution in [0, 0.1) is 0 Å². The van der Waals surface area contributed by atoms with E-state index in [4.69, 9.17) is 4.99 Å². The normalized spacial score (nSPS) is 13.5. The summed E-state index contributed by atoms with van der Waals surface area (Å²) in [5.41, 5.74) is 4.18. The molecule has 0 radical (unpaired) electrons. The molecule has 0 aliphatic carbocycles. The Bertz CT molecular complexity index is 989. The molecule has 186 valence electrons. The number of hydrogen-bond donors (Lipinski definition) is 0. The van der Waals surface area contributed by atoms with Gasteiger partial charge in [-0.3, -0.25) is 4.99 Å². The molecule has 0 fully saturated rings. The highest BCUT2D eigenvalue weighted by Crippen LogP contribution is 2.44. The number of aliphatic imine (C=N–C) groups is 1. The Labute approximate surface area is 203 Å². The number of para-hydroxylation sites is 2. The van der Waals surface area contributed by atoms with E-state index < -0.39 is 11.9 Å². The minimum Gasteiger partial charge on any atom is -0.654 e. The highest BCUT2D eigenvalue weighted by molar-refractivity contribution is 5.96. The molecule has 5 heteroatoms. The molecule has 0 saturated heterocycles. The first-order valence-electron chi connectivity index (χ1n) is 12.1. The van der Waals surface area contributed by atoms with E-state index in [1.54, 1.807) is 6.92 Å². The smallest absolute Gasteiger partial charge is 0.396 e. The minimum absolute atomic E-state index is 0.0493. The first kappa shape index (κ1) is 27.7. The summed E-state index contributed by atoms with van der Waals surface area (Å²) < 4.78 is 42.5. The molecule has 0 atom stereocenters. The van der Waals surface area contributed by atoms with Gasteiger partial charge in [-0.2, -0.15) is 13.2 Å². The van der Waals surface area contributed by atoms with Crippen LogP contribution in [0.1, 0.15) is 108 Å². The van der Waals surface area contributed by atoms with Gasteiger partial charge in [0.05, 0.1) is 5.69 Å². The SMILES string of the molecule is CC(/C=C(/[N-]c1c(C(C)C)cccc1C(C)C)C(F)(F)F)=Nc1c(C(C)C)cccc1C(C)C. The van der Waals surface area contributed by atoms with Gasteiger partial charge in [0.2, 0.25) is 0 Å². The topological polar surface area (TPSA) is 26.5 Å². The average Bonchev–Trinajstić information content (AvgIpc) is 2.72. The highest BCUT2D eigenvalue weighted by atomic mass is 19.4. The maximum absolute atomic E-state index is 14.2. The summed E-state index contributed by atoms with van der Waals surface area (Å²) in [5.74, 6) is 0.501. The van der Waals surface area contributed by atoms with Crippen molar-refractivity contribution in [3.8, 4) is 0 Å². The number of hydrogen-bond acceptors (Lipinski definition) is 1. The molecule has 0 aliphatic heterocycles. The summed E-state index contributed by atoms with van der Waals surface area (Å²) in [4.78, 5) is 4.69. The second kappa shape index (κ2) is 11.2. The molecule has 0 bridgehead atoms. The van der Waals surface area contributed by atoms with Gasteiger partial charge in [0.25, 0.3) is 0 Å². The summed E-state index contributed by atoms with van der Waals surface area (Å²) in [7, 11) is 0. The number of halogens is 3. The molecule has 2 aromatic rings. The second-order valence-corrected chi connectivity index (χ2v) is 10.1. The zero-order valence-electron chi connectivity index (χ0n) is 21.9. The lowest BCUT2D eigenvalue weighted by Gasteiger charge is -2.35. The molecule has 0 spiro atoms. The lowest BCUT2D eigenvalue weighted by Crippen LogP contribution is -2.13. The van der Waals surface area contributed by atoms with Crippen LogP contribution in [0.4, 0.5) is 24.5 Å². The van der Waals surface area contributed by atoms with Crippen LogP contribution in [0.25, 0.3) is 5.32 Å². The fourth-order valence-electron chi connectivity index (χ4n) is 3.99. The molecule has 0 aliphatic rings. The third-order valence-corrected chi connectivity index (χ3v) is 5.84. The van der Waals surface area contributed by atoms with Crippen LogP contribution < -0.4 is 0 Å².